The monoisotopic (exact) mass is 429 g/mol. The molecule has 4 aliphatic rings. The first-order valence-corrected chi connectivity index (χ1v) is 10.5. The number of nitrogens with zero attached hydrogens (tertiary/aromatic N) is 1. The Morgan fingerprint density at radius 1 is 1.26 bits per heavy atom. The van der Waals surface area contributed by atoms with Crippen LogP contribution in [-0.4, -0.2) is 27.5 Å². The first-order valence-electron chi connectivity index (χ1n) is 9.68. The minimum absolute atomic E-state index is 0.138. The molecule has 2 aromatic rings. The topological polar surface area (TPSA) is 67.0 Å². The van der Waals surface area contributed by atoms with Gasteiger partial charge in [-0.05, 0) is 62.5 Å². The third-order valence-corrected chi connectivity index (χ3v) is 7.62. The second-order valence-electron chi connectivity index (χ2n) is 8.71. The molecular formula is C21H24BrN3O2. The standard InChI is InChI=1S/C21H24BrN3O2/c1-27-17-5-3-2-4-15(17)16-7-18(25-24-16)23-19(26)20-8-13-6-14(9-20)11-21(22,10-13)12-20/h2-5,7,13-14H,6,8-12H2,1H3,(H2,23,24,25,26). The highest BCUT2D eigenvalue weighted by Gasteiger charge is 2.59. The highest BCUT2D eigenvalue weighted by atomic mass is 79.9. The van der Waals surface area contributed by atoms with Crippen LogP contribution in [0.1, 0.15) is 38.5 Å². The lowest BCUT2D eigenvalue weighted by atomic mass is 9.49. The van der Waals surface area contributed by atoms with Gasteiger partial charge in [0.1, 0.15) is 5.75 Å². The SMILES string of the molecule is COc1ccccc1-c1cc(NC(=O)C23CC4CC(CC(Br)(C4)C2)C3)n[nH]1. The quantitative estimate of drug-likeness (QED) is 0.688. The molecule has 1 aromatic carbocycles. The maximum Gasteiger partial charge on any atom is 0.231 e. The van der Waals surface area contributed by atoms with Crippen molar-refractivity contribution in [2.24, 2.45) is 17.3 Å². The van der Waals surface area contributed by atoms with E-state index in [1.807, 2.05) is 30.3 Å². The normalized spacial score (nSPS) is 33.9. The van der Waals surface area contributed by atoms with E-state index in [-0.39, 0.29) is 15.6 Å². The molecule has 4 saturated carbocycles. The Hall–Kier alpha value is -1.82. The number of hydrogen-bond acceptors (Lipinski definition) is 3. The molecule has 1 amide bonds. The zero-order valence-corrected chi connectivity index (χ0v) is 17.0. The number of carbonyl (C=O) groups is 1. The molecule has 2 N–H and O–H groups in total. The number of carbonyl (C=O) groups excluding carboxylic acids is 1. The second-order valence-corrected chi connectivity index (χ2v) is 10.4. The summed E-state index contributed by atoms with van der Waals surface area (Å²) in [5.41, 5.74) is 1.53. The Labute approximate surface area is 167 Å². The summed E-state index contributed by atoms with van der Waals surface area (Å²) in [6.45, 7) is 0. The van der Waals surface area contributed by atoms with Gasteiger partial charge in [0.05, 0.1) is 18.2 Å². The number of H-pyrrole nitrogens is 1. The van der Waals surface area contributed by atoms with Gasteiger partial charge in [0, 0.05) is 16.0 Å². The molecule has 5 nitrogen and oxygen atoms in total. The van der Waals surface area contributed by atoms with E-state index in [0.717, 1.165) is 36.3 Å². The van der Waals surface area contributed by atoms with E-state index in [2.05, 4.69) is 31.4 Å². The molecule has 1 heterocycles. The van der Waals surface area contributed by atoms with E-state index < -0.39 is 0 Å². The molecule has 4 aliphatic carbocycles. The Kier molecular flexibility index (Phi) is 3.90. The third-order valence-electron chi connectivity index (χ3n) is 6.69. The van der Waals surface area contributed by atoms with Gasteiger partial charge in [-0.25, -0.2) is 0 Å². The average molecular weight is 430 g/mol. The molecule has 4 fully saturated rings. The van der Waals surface area contributed by atoms with Crippen molar-refractivity contribution in [3.05, 3.63) is 30.3 Å². The number of aromatic amines is 1. The molecular weight excluding hydrogens is 406 g/mol. The van der Waals surface area contributed by atoms with E-state index in [0.29, 0.717) is 17.7 Å². The number of halogens is 1. The van der Waals surface area contributed by atoms with Gasteiger partial charge in [-0.1, -0.05) is 28.1 Å². The number of hydrogen-bond donors (Lipinski definition) is 2. The van der Waals surface area contributed by atoms with Crippen molar-refractivity contribution in [1.82, 2.24) is 10.2 Å². The Bertz CT molecular complexity index is 879. The maximum absolute atomic E-state index is 13.3. The van der Waals surface area contributed by atoms with Gasteiger partial charge in [-0.3, -0.25) is 9.89 Å². The number of benzene rings is 1. The molecule has 0 aliphatic heterocycles. The van der Waals surface area contributed by atoms with Gasteiger partial charge in [0.15, 0.2) is 5.82 Å². The number of methoxy groups -OCH3 is 1. The number of anilines is 1. The van der Waals surface area contributed by atoms with Crippen molar-refractivity contribution in [2.75, 3.05) is 12.4 Å². The molecule has 4 bridgehead atoms. The van der Waals surface area contributed by atoms with Crippen LogP contribution in [0, 0.1) is 17.3 Å². The molecule has 0 saturated heterocycles. The number of rotatable bonds is 4. The fourth-order valence-corrected chi connectivity index (χ4v) is 7.51. The lowest BCUT2D eigenvalue weighted by Crippen LogP contribution is -2.57. The van der Waals surface area contributed by atoms with Crippen molar-refractivity contribution in [1.29, 1.82) is 0 Å². The number of nitrogens with one attached hydrogen (secondary N) is 2. The van der Waals surface area contributed by atoms with Gasteiger partial charge in [0.25, 0.3) is 0 Å². The van der Waals surface area contributed by atoms with E-state index >= 15 is 0 Å². The van der Waals surface area contributed by atoms with E-state index in [1.54, 1.807) is 7.11 Å². The van der Waals surface area contributed by atoms with Crippen LogP contribution in [0.4, 0.5) is 5.82 Å². The third kappa shape index (κ3) is 2.89. The second kappa shape index (κ2) is 6.09. The molecule has 6 rings (SSSR count). The van der Waals surface area contributed by atoms with Crippen molar-refractivity contribution in [3.63, 3.8) is 0 Å². The van der Waals surface area contributed by atoms with Crippen LogP contribution in [0.15, 0.2) is 30.3 Å². The summed E-state index contributed by atoms with van der Waals surface area (Å²) >= 11 is 3.98. The predicted octanol–water partition coefficient (Wildman–Crippen LogP) is 4.76. The van der Waals surface area contributed by atoms with Crippen LogP contribution in [0.25, 0.3) is 11.3 Å². The number of alkyl halides is 1. The Morgan fingerprint density at radius 2 is 2.00 bits per heavy atom. The maximum atomic E-state index is 13.3. The lowest BCUT2D eigenvalue weighted by Gasteiger charge is -2.59. The summed E-state index contributed by atoms with van der Waals surface area (Å²) in [6.07, 6.45) is 6.72. The van der Waals surface area contributed by atoms with Crippen LogP contribution in [0.2, 0.25) is 0 Å². The zero-order chi connectivity index (χ0) is 18.6. The highest BCUT2D eigenvalue weighted by molar-refractivity contribution is 9.10. The minimum atomic E-state index is -0.239. The summed E-state index contributed by atoms with van der Waals surface area (Å²) in [4.78, 5) is 13.3. The lowest BCUT2D eigenvalue weighted by molar-refractivity contribution is -0.138. The molecule has 6 heteroatoms. The number of amides is 1. The fraction of sp³-hybridized carbons (Fsp3) is 0.524. The van der Waals surface area contributed by atoms with Gasteiger partial charge < -0.3 is 10.1 Å². The van der Waals surface area contributed by atoms with Crippen LogP contribution in [-0.2, 0) is 4.79 Å². The molecule has 0 spiro atoms. The first kappa shape index (κ1) is 17.3. The number of para-hydroxylation sites is 1. The molecule has 2 atom stereocenters. The summed E-state index contributed by atoms with van der Waals surface area (Å²) in [5, 5.41) is 10.5. The largest absolute Gasteiger partial charge is 0.496 e. The number of ether oxygens (including phenoxy) is 1. The van der Waals surface area contributed by atoms with E-state index in [1.165, 1.54) is 19.3 Å². The number of aromatic nitrogens is 2. The van der Waals surface area contributed by atoms with Crippen LogP contribution in [0.5, 0.6) is 5.75 Å². The van der Waals surface area contributed by atoms with Gasteiger partial charge in [0.2, 0.25) is 5.91 Å². The van der Waals surface area contributed by atoms with Crippen molar-refractivity contribution in [2.45, 2.75) is 42.8 Å². The Morgan fingerprint density at radius 3 is 2.70 bits per heavy atom. The summed E-state index contributed by atoms with van der Waals surface area (Å²) in [6, 6.07) is 9.68. The van der Waals surface area contributed by atoms with Gasteiger partial charge in [-0.15, -0.1) is 0 Å². The van der Waals surface area contributed by atoms with E-state index in [4.69, 9.17) is 4.74 Å². The van der Waals surface area contributed by atoms with E-state index in [9.17, 15) is 4.79 Å². The average Bonchev–Trinajstić information content (AvgIpc) is 3.08. The first-order chi connectivity index (χ1) is 13.0. The van der Waals surface area contributed by atoms with Crippen molar-refractivity contribution in [3.8, 4) is 17.0 Å². The zero-order valence-electron chi connectivity index (χ0n) is 15.4. The molecule has 0 radical (unpaired) electrons. The summed E-state index contributed by atoms with van der Waals surface area (Å²) < 4.78 is 5.59. The minimum Gasteiger partial charge on any atom is -0.496 e. The summed E-state index contributed by atoms with van der Waals surface area (Å²) in [5.74, 6) is 2.86. The van der Waals surface area contributed by atoms with Crippen molar-refractivity contribution >= 4 is 27.7 Å². The van der Waals surface area contributed by atoms with Crippen LogP contribution in [0.3, 0.4) is 0 Å². The summed E-state index contributed by atoms with van der Waals surface area (Å²) in [7, 11) is 1.65. The molecule has 27 heavy (non-hydrogen) atoms. The van der Waals surface area contributed by atoms with Crippen LogP contribution < -0.4 is 10.1 Å². The molecule has 142 valence electrons. The molecule has 2 unspecified atom stereocenters. The van der Waals surface area contributed by atoms with Crippen LogP contribution >= 0.6 is 15.9 Å². The Balaban J connectivity index is 1.37. The van der Waals surface area contributed by atoms with Gasteiger partial charge in [-0.2, -0.15) is 5.10 Å². The molecule has 1 aromatic heterocycles. The van der Waals surface area contributed by atoms with Gasteiger partial charge >= 0.3 is 0 Å². The predicted molar refractivity (Wildman–Crippen MR) is 108 cm³/mol. The fourth-order valence-electron chi connectivity index (χ4n) is 6.06. The highest BCUT2D eigenvalue weighted by Crippen LogP contribution is 2.64. The van der Waals surface area contributed by atoms with Crippen molar-refractivity contribution < 1.29 is 9.53 Å². The smallest absolute Gasteiger partial charge is 0.231 e.